The van der Waals surface area contributed by atoms with E-state index >= 15 is 0 Å². The maximum Gasteiger partial charge on any atom is 0.224 e. The molecule has 2 N–H and O–H groups in total. The maximum atomic E-state index is 5.41. The van der Waals surface area contributed by atoms with Crippen molar-refractivity contribution < 1.29 is 4.74 Å². The van der Waals surface area contributed by atoms with Gasteiger partial charge >= 0.3 is 0 Å². The molecule has 1 aliphatic heterocycles. The van der Waals surface area contributed by atoms with Crippen LogP contribution in [0.4, 0.5) is 23.1 Å². The molecule has 1 aromatic carbocycles. The van der Waals surface area contributed by atoms with Crippen LogP contribution >= 0.6 is 0 Å². The summed E-state index contributed by atoms with van der Waals surface area (Å²) in [4.78, 5) is 15.2. The Balaban J connectivity index is 1.37. The van der Waals surface area contributed by atoms with E-state index in [1.54, 1.807) is 12.4 Å². The second kappa shape index (κ2) is 8.46. The molecule has 3 aromatic rings. The average molecular weight is 362 g/mol. The monoisotopic (exact) mass is 362 g/mol. The number of nitrogens with one attached hydrogen (secondary N) is 2. The van der Waals surface area contributed by atoms with E-state index in [-0.39, 0.29) is 0 Å². The molecule has 7 nitrogen and oxygen atoms in total. The number of hydrogen-bond donors (Lipinski definition) is 2. The molecule has 1 aliphatic rings. The van der Waals surface area contributed by atoms with E-state index in [2.05, 4.69) is 54.8 Å². The molecule has 0 unspecified atom stereocenters. The molecule has 4 rings (SSSR count). The second-order valence-corrected chi connectivity index (χ2v) is 6.25. The Morgan fingerprint density at radius 1 is 1.00 bits per heavy atom. The third-order valence-electron chi connectivity index (χ3n) is 4.34. The van der Waals surface area contributed by atoms with Gasteiger partial charge < -0.3 is 20.3 Å². The number of benzene rings is 1. The lowest BCUT2D eigenvalue weighted by Gasteiger charge is -2.28. The van der Waals surface area contributed by atoms with Crippen LogP contribution in [-0.2, 0) is 11.3 Å². The van der Waals surface area contributed by atoms with Gasteiger partial charge in [0, 0.05) is 49.6 Å². The molecule has 0 saturated carbocycles. The first kappa shape index (κ1) is 17.2. The number of hydrogen-bond acceptors (Lipinski definition) is 7. The third kappa shape index (κ3) is 4.71. The zero-order chi connectivity index (χ0) is 18.3. The Morgan fingerprint density at radius 2 is 1.85 bits per heavy atom. The predicted molar refractivity (Wildman–Crippen MR) is 106 cm³/mol. The fraction of sp³-hybridized carbons (Fsp3) is 0.250. The first-order valence-corrected chi connectivity index (χ1v) is 9.02. The van der Waals surface area contributed by atoms with Gasteiger partial charge in [0.05, 0.1) is 13.2 Å². The van der Waals surface area contributed by atoms with Crippen LogP contribution in [0, 0.1) is 0 Å². The van der Waals surface area contributed by atoms with E-state index in [4.69, 9.17) is 4.74 Å². The Morgan fingerprint density at radius 3 is 2.63 bits per heavy atom. The van der Waals surface area contributed by atoms with Crippen LogP contribution in [0.25, 0.3) is 0 Å². The molecule has 0 amide bonds. The van der Waals surface area contributed by atoms with Crippen LogP contribution in [-0.4, -0.2) is 41.3 Å². The van der Waals surface area contributed by atoms with Crippen molar-refractivity contribution in [3.8, 4) is 0 Å². The summed E-state index contributed by atoms with van der Waals surface area (Å²) in [5.41, 5.74) is 3.28. The average Bonchev–Trinajstić information content (AvgIpc) is 2.75. The molecule has 0 atom stereocenters. The zero-order valence-electron chi connectivity index (χ0n) is 15.0. The number of rotatable bonds is 6. The Bertz CT molecular complexity index is 850. The summed E-state index contributed by atoms with van der Waals surface area (Å²) in [6.07, 6.45) is 5.32. The first-order valence-electron chi connectivity index (χ1n) is 9.02. The van der Waals surface area contributed by atoms with Crippen LogP contribution < -0.4 is 15.5 Å². The van der Waals surface area contributed by atoms with E-state index in [0.717, 1.165) is 43.4 Å². The molecule has 0 radical (unpaired) electrons. The molecule has 1 saturated heterocycles. The van der Waals surface area contributed by atoms with Gasteiger partial charge in [0.25, 0.3) is 0 Å². The minimum Gasteiger partial charge on any atom is -0.378 e. The van der Waals surface area contributed by atoms with Gasteiger partial charge in [0.15, 0.2) is 0 Å². The smallest absolute Gasteiger partial charge is 0.224 e. The molecule has 1 fully saturated rings. The molecule has 0 spiro atoms. The highest BCUT2D eigenvalue weighted by molar-refractivity contribution is 5.61. The van der Waals surface area contributed by atoms with Gasteiger partial charge in [0.2, 0.25) is 5.95 Å². The van der Waals surface area contributed by atoms with Crippen LogP contribution in [0.3, 0.4) is 0 Å². The molecule has 0 bridgehead atoms. The third-order valence-corrected chi connectivity index (χ3v) is 4.34. The van der Waals surface area contributed by atoms with E-state index in [9.17, 15) is 0 Å². The molecule has 0 aliphatic carbocycles. The number of aromatic nitrogens is 3. The summed E-state index contributed by atoms with van der Waals surface area (Å²) in [6, 6.07) is 14.2. The SMILES string of the molecule is c1cncc(CNc2nccc(Nc3ccc(N4CCOCC4)cc3)n2)c1. The van der Waals surface area contributed by atoms with Gasteiger partial charge in [-0.3, -0.25) is 4.98 Å². The Hall–Kier alpha value is -3.19. The topological polar surface area (TPSA) is 75.2 Å². The van der Waals surface area contributed by atoms with Crippen LogP contribution in [0.5, 0.6) is 0 Å². The summed E-state index contributed by atoms with van der Waals surface area (Å²) < 4.78 is 5.41. The second-order valence-electron chi connectivity index (χ2n) is 6.25. The van der Waals surface area contributed by atoms with Crippen LogP contribution in [0.2, 0.25) is 0 Å². The highest BCUT2D eigenvalue weighted by Gasteiger charge is 2.10. The first-order chi connectivity index (χ1) is 13.4. The summed E-state index contributed by atoms with van der Waals surface area (Å²) >= 11 is 0. The molecule has 7 heteroatoms. The maximum absolute atomic E-state index is 5.41. The number of ether oxygens (including phenoxy) is 1. The standard InChI is InChI=1S/C20H22N6O/c1-2-16(14-21-8-1)15-23-20-22-9-7-19(25-20)24-17-3-5-18(6-4-17)26-10-12-27-13-11-26/h1-9,14H,10-13,15H2,(H2,22,23,24,25). The molecule has 138 valence electrons. The predicted octanol–water partition coefficient (Wildman–Crippen LogP) is 3.06. The van der Waals surface area contributed by atoms with Gasteiger partial charge in [-0.2, -0.15) is 4.98 Å². The van der Waals surface area contributed by atoms with E-state index in [0.29, 0.717) is 12.5 Å². The van der Waals surface area contributed by atoms with Gasteiger partial charge in [-0.15, -0.1) is 0 Å². The Kier molecular flexibility index (Phi) is 5.40. The quantitative estimate of drug-likeness (QED) is 0.698. The molecule has 3 heterocycles. The number of anilines is 4. The van der Waals surface area contributed by atoms with Crippen molar-refractivity contribution in [2.24, 2.45) is 0 Å². The van der Waals surface area contributed by atoms with Crippen molar-refractivity contribution in [3.63, 3.8) is 0 Å². The van der Waals surface area contributed by atoms with Crippen molar-refractivity contribution in [1.82, 2.24) is 15.0 Å². The molecular weight excluding hydrogens is 340 g/mol. The number of pyridine rings is 1. The van der Waals surface area contributed by atoms with Crippen molar-refractivity contribution >= 4 is 23.1 Å². The van der Waals surface area contributed by atoms with E-state index in [1.165, 1.54) is 5.69 Å². The minimum atomic E-state index is 0.578. The molecule has 27 heavy (non-hydrogen) atoms. The van der Waals surface area contributed by atoms with Crippen molar-refractivity contribution in [1.29, 1.82) is 0 Å². The number of morpholine rings is 1. The molecular formula is C20H22N6O. The van der Waals surface area contributed by atoms with E-state index < -0.39 is 0 Å². The lowest BCUT2D eigenvalue weighted by molar-refractivity contribution is 0.122. The normalized spacial score (nSPS) is 14.0. The highest BCUT2D eigenvalue weighted by Crippen LogP contribution is 2.21. The fourth-order valence-corrected chi connectivity index (χ4v) is 2.92. The summed E-state index contributed by atoms with van der Waals surface area (Å²) in [6.45, 7) is 4.08. The lowest BCUT2D eigenvalue weighted by Crippen LogP contribution is -2.36. The van der Waals surface area contributed by atoms with Gasteiger partial charge in [0.1, 0.15) is 5.82 Å². The lowest BCUT2D eigenvalue weighted by atomic mass is 10.2. The van der Waals surface area contributed by atoms with Gasteiger partial charge in [-0.25, -0.2) is 4.98 Å². The summed E-state index contributed by atoms with van der Waals surface area (Å²) in [7, 11) is 0. The van der Waals surface area contributed by atoms with E-state index in [1.807, 2.05) is 24.4 Å². The fourth-order valence-electron chi connectivity index (χ4n) is 2.92. The Labute approximate surface area is 158 Å². The number of nitrogens with zero attached hydrogens (tertiary/aromatic N) is 4. The van der Waals surface area contributed by atoms with Gasteiger partial charge in [-0.05, 0) is 42.0 Å². The van der Waals surface area contributed by atoms with Crippen molar-refractivity contribution in [2.45, 2.75) is 6.54 Å². The molecule has 2 aromatic heterocycles. The summed E-state index contributed by atoms with van der Waals surface area (Å²) in [5, 5.41) is 6.54. The minimum absolute atomic E-state index is 0.578. The van der Waals surface area contributed by atoms with Crippen LogP contribution in [0.15, 0.2) is 61.1 Å². The summed E-state index contributed by atoms with van der Waals surface area (Å²) in [5.74, 6) is 1.33. The van der Waals surface area contributed by atoms with Crippen molar-refractivity contribution in [2.75, 3.05) is 41.8 Å². The highest BCUT2D eigenvalue weighted by atomic mass is 16.5. The van der Waals surface area contributed by atoms with Gasteiger partial charge in [-0.1, -0.05) is 6.07 Å². The van der Waals surface area contributed by atoms with Crippen LogP contribution in [0.1, 0.15) is 5.56 Å². The zero-order valence-corrected chi connectivity index (χ0v) is 15.0. The largest absolute Gasteiger partial charge is 0.378 e. The van der Waals surface area contributed by atoms with Crippen molar-refractivity contribution in [3.05, 3.63) is 66.6 Å².